The fourth-order valence-corrected chi connectivity index (χ4v) is 1.93. The lowest BCUT2D eigenvalue weighted by molar-refractivity contribution is 0.0934. The van der Waals surface area contributed by atoms with Crippen molar-refractivity contribution in [3.05, 3.63) is 11.9 Å². The minimum absolute atomic E-state index is 0.140. The van der Waals surface area contributed by atoms with Gasteiger partial charge in [0, 0.05) is 19.3 Å². The van der Waals surface area contributed by atoms with Crippen LogP contribution in [0.25, 0.3) is 0 Å². The van der Waals surface area contributed by atoms with E-state index in [2.05, 4.69) is 10.4 Å². The maximum absolute atomic E-state index is 11.8. The number of anilines is 1. The van der Waals surface area contributed by atoms with Crippen molar-refractivity contribution in [3.8, 4) is 0 Å². The number of hydrogen-bond donors (Lipinski definition) is 2. The second kappa shape index (κ2) is 5.79. The standard InChI is InChI=1S/C10H18N4OS/c1-7(4-5-16-3)12-10(15)9-8(11)6-14(2)13-9/h6-7H,4-5,11H2,1-3H3,(H,12,15). The van der Waals surface area contributed by atoms with Crippen LogP contribution < -0.4 is 11.1 Å². The van der Waals surface area contributed by atoms with E-state index in [-0.39, 0.29) is 11.9 Å². The van der Waals surface area contributed by atoms with E-state index in [4.69, 9.17) is 5.73 Å². The molecule has 90 valence electrons. The highest BCUT2D eigenvalue weighted by Crippen LogP contribution is 2.08. The van der Waals surface area contributed by atoms with E-state index in [1.807, 2.05) is 13.2 Å². The van der Waals surface area contributed by atoms with E-state index in [0.29, 0.717) is 11.4 Å². The molecule has 0 radical (unpaired) electrons. The first-order valence-corrected chi connectivity index (χ1v) is 6.53. The molecule has 1 unspecified atom stereocenters. The first kappa shape index (κ1) is 12.9. The Kier molecular flexibility index (Phi) is 4.67. The van der Waals surface area contributed by atoms with Gasteiger partial charge in [0.15, 0.2) is 5.69 Å². The van der Waals surface area contributed by atoms with Gasteiger partial charge in [-0.3, -0.25) is 9.48 Å². The Morgan fingerprint density at radius 3 is 2.94 bits per heavy atom. The van der Waals surface area contributed by atoms with Crippen LogP contribution in [0.2, 0.25) is 0 Å². The minimum atomic E-state index is -0.202. The molecular formula is C10H18N4OS. The van der Waals surface area contributed by atoms with Crippen LogP contribution in [-0.2, 0) is 7.05 Å². The number of nitrogens with two attached hydrogens (primary N) is 1. The van der Waals surface area contributed by atoms with Crippen LogP contribution in [0.3, 0.4) is 0 Å². The summed E-state index contributed by atoms with van der Waals surface area (Å²) in [6.45, 7) is 1.98. The molecule has 1 aromatic heterocycles. The van der Waals surface area contributed by atoms with Gasteiger partial charge in [-0.15, -0.1) is 0 Å². The van der Waals surface area contributed by atoms with Crippen LogP contribution in [0, 0.1) is 0 Å². The molecule has 16 heavy (non-hydrogen) atoms. The molecule has 6 heteroatoms. The van der Waals surface area contributed by atoms with Crippen molar-refractivity contribution in [2.75, 3.05) is 17.7 Å². The Balaban J connectivity index is 2.55. The van der Waals surface area contributed by atoms with Gasteiger partial charge in [0.1, 0.15) is 0 Å². The Bertz CT molecular complexity index is 364. The van der Waals surface area contributed by atoms with Crippen molar-refractivity contribution in [3.63, 3.8) is 0 Å². The van der Waals surface area contributed by atoms with Crippen molar-refractivity contribution in [2.45, 2.75) is 19.4 Å². The number of hydrogen-bond acceptors (Lipinski definition) is 4. The van der Waals surface area contributed by atoms with Gasteiger partial charge in [0.05, 0.1) is 5.69 Å². The monoisotopic (exact) mass is 242 g/mol. The van der Waals surface area contributed by atoms with Gasteiger partial charge < -0.3 is 11.1 Å². The van der Waals surface area contributed by atoms with E-state index in [1.165, 1.54) is 4.68 Å². The summed E-state index contributed by atoms with van der Waals surface area (Å²) >= 11 is 1.76. The molecule has 0 aliphatic heterocycles. The molecule has 0 saturated heterocycles. The summed E-state index contributed by atoms with van der Waals surface area (Å²) in [6.07, 6.45) is 4.62. The molecule has 1 aromatic rings. The van der Waals surface area contributed by atoms with Crippen molar-refractivity contribution in [1.82, 2.24) is 15.1 Å². The van der Waals surface area contributed by atoms with Crippen LogP contribution >= 0.6 is 11.8 Å². The maximum atomic E-state index is 11.8. The average molecular weight is 242 g/mol. The molecule has 0 aromatic carbocycles. The summed E-state index contributed by atoms with van der Waals surface area (Å²) in [5.41, 5.74) is 6.39. The van der Waals surface area contributed by atoms with Crippen molar-refractivity contribution in [2.24, 2.45) is 7.05 Å². The first-order chi connectivity index (χ1) is 7.54. The summed E-state index contributed by atoms with van der Waals surface area (Å²) in [6, 6.07) is 0.140. The predicted molar refractivity (Wildman–Crippen MR) is 67.5 cm³/mol. The fraction of sp³-hybridized carbons (Fsp3) is 0.600. The minimum Gasteiger partial charge on any atom is -0.396 e. The fourth-order valence-electron chi connectivity index (χ4n) is 1.34. The Labute approximate surface area is 99.8 Å². The second-order valence-corrected chi connectivity index (χ2v) is 4.75. The molecule has 1 rings (SSSR count). The normalized spacial score (nSPS) is 12.4. The van der Waals surface area contributed by atoms with E-state index in [0.717, 1.165) is 12.2 Å². The summed E-state index contributed by atoms with van der Waals surface area (Å²) in [5.74, 6) is 0.825. The Morgan fingerprint density at radius 1 is 1.75 bits per heavy atom. The number of carbonyl (C=O) groups is 1. The average Bonchev–Trinajstić information content (AvgIpc) is 2.54. The molecule has 1 amide bonds. The van der Waals surface area contributed by atoms with E-state index in [1.54, 1.807) is 25.0 Å². The summed E-state index contributed by atoms with van der Waals surface area (Å²) in [7, 11) is 1.74. The molecule has 1 heterocycles. The van der Waals surface area contributed by atoms with E-state index < -0.39 is 0 Å². The summed E-state index contributed by atoms with van der Waals surface area (Å²) in [5, 5.41) is 6.89. The third-order valence-electron chi connectivity index (χ3n) is 2.20. The lowest BCUT2D eigenvalue weighted by Crippen LogP contribution is -2.33. The van der Waals surface area contributed by atoms with Gasteiger partial charge in [-0.1, -0.05) is 0 Å². The van der Waals surface area contributed by atoms with Gasteiger partial charge in [0.25, 0.3) is 5.91 Å². The molecule has 0 fully saturated rings. The van der Waals surface area contributed by atoms with Gasteiger partial charge in [-0.25, -0.2) is 0 Å². The highest BCUT2D eigenvalue weighted by molar-refractivity contribution is 7.98. The molecule has 0 spiro atoms. The SMILES string of the molecule is CSCCC(C)NC(=O)c1nn(C)cc1N. The molecule has 3 N–H and O–H groups in total. The molecule has 0 aliphatic carbocycles. The Morgan fingerprint density at radius 2 is 2.44 bits per heavy atom. The van der Waals surface area contributed by atoms with Gasteiger partial charge in [0.2, 0.25) is 0 Å². The summed E-state index contributed by atoms with van der Waals surface area (Å²) in [4.78, 5) is 11.8. The van der Waals surface area contributed by atoms with Gasteiger partial charge >= 0.3 is 0 Å². The number of carbonyl (C=O) groups excluding carboxylic acids is 1. The zero-order valence-corrected chi connectivity index (χ0v) is 10.7. The number of nitrogen functional groups attached to an aromatic ring is 1. The molecular weight excluding hydrogens is 224 g/mol. The van der Waals surface area contributed by atoms with Gasteiger partial charge in [-0.2, -0.15) is 16.9 Å². The number of amides is 1. The number of aromatic nitrogens is 2. The maximum Gasteiger partial charge on any atom is 0.274 e. The van der Waals surface area contributed by atoms with Crippen molar-refractivity contribution in [1.29, 1.82) is 0 Å². The quantitative estimate of drug-likeness (QED) is 0.803. The topological polar surface area (TPSA) is 72.9 Å². The summed E-state index contributed by atoms with van der Waals surface area (Å²) < 4.78 is 1.54. The van der Waals surface area contributed by atoms with Crippen molar-refractivity contribution < 1.29 is 4.79 Å². The van der Waals surface area contributed by atoms with Crippen LogP contribution in [0.1, 0.15) is 23.8 Å². The first-order valence-electron chi connectivity index (χ1n) is 5.13. The van der Waals surface area contributed by atoms with E-state index in [9.17, 15) is 4.79 Å². The number of aryl methyl sites for hydroxylation is 1. The zero-order chi connectivity index (χ0) is 12.1. The predicted octanol–water partition coefficient (Wildman–Crippen LogP) is 0.874. The number of thioether (sulfide) groups is 1. The highest BCUT2D eigenvalue weighted by Gasteiger charge is 2.15. The largest absolute Gasteiger partial charge is 0.396 e. The highest BCUT2D eigenvalue weighted by atomic mass is 32.2. The van der Waals surface area contributed by atoms with Crippen molar-refractivity contribution >= 4 is 23.4 Å². The van der Waals surface area contributed by atoms with Crippen LogP contribution in [-0.4, -0.2) is 33.7 Å². The lowest BCUT2D eigenvalue weighted by Gasteiger charge is -2.12. The molecule has 0 saturated carbocycles. The van der Waals surface area contributed by atoms with Crippen LogP contribution in [0.4, 0.5) is 5.69 Å². The number of nitrogens with one attached hydrogen (secondary N) is 1. The van der Waals surface area contributed by atoms with Crippen LogP contribution in [0.15, 0.2) is 6.20 Å². The molecule has 1 atom stereocenters. The third kappa shape index (κ3) is 3.44. The van der Waals surface area contributed by atoms with E-state index >= 15 is 0 Å². The smallest absolute Gasteiger partial charge is 0.274 e. The van der Waals surface area contributed by atoms with Crippen LogP contribution in [0.5, 0.6) is 0 Å². The second-order valence-electron chi connectivity index (χ2n) is 3.76. The number of rotatable bonds is 5. The van der Waals surface area contributed by atoms with Gasteiger partial charge in [-0.05, 0) is 25.4 Å². The Hall–Kier alpha value is -1.17. The molecule has 5 nitrogen and oxygen atoms in total. The third-order valence-corrected chi connectivity index (χ3v) is 2.85. The number of nitrogens with zero attached hydrogens (tertiary/aromatic N) is 2. The molecule has 0 aliphatic rings. The molecule has 0 bridgehead atoms. The lowest BCUT2D eigenvalue weighted by atomic mass is 10.2. The zero-order valence-electron chi connectivity index (χ0n) is 9.86.